The molecule has 3 rings (SSSR count). The molecule has 4 nitrogen and oxygen atoms in total. The Morgan fingerprint density at radius 1 is 1.14 bits per heavy atom. The molecule has 21 heavy (non-hydrogen) atoms. The number of piperidine rings is 1. The van der Waals surface area contributed by atoms with Crippen LogP contribution in [0.2, 0.25) is 5.15 Å². The highest BCUT2D eigenvalue weighted by Gasteiger charge is 2.36. The molecule has 0 aliphatic carbocycles. The summed E-state index contributed by atoms with van der Waals surface area (Å²) in [6, 6.07) is 1.81. The second-order valence-corrected chi connectivity index (χ2v) is 5.89. The van der Waals surface area contributed by atoms with E-state index in [1.165, 1.54) is 18.9 Å². The SMILES string of the molecule is FC(F)(F)c1nc(Cl)cc(N2CCN3CCCCC3C2)n1. The van der Waals surface area contributed by atoms with Crippen LogP contribution in [-0.4, -0.2) is 47.1 Å². The van der Waals surface area contributed by atoms with Gasteiger partial charge in [0.15, 0.2) is 0 Å². The number of hydrogen-bond acceptors (Lipinski definition) is 4. The molecule has 0 radical (unpaired) electrons. The van der Waals surface area contributed by atoms with E-state index >= 15 is 0 Å². The van der Waals surface area contributed by atoms with Crippen LogP contribution in [0.5, 0.6) is 0 Å². The topological polar surface area (TPSA) is 32.3 Å². The first-order chi connectivity index (χ1) is 9.93. The largest absolute Gasteiger partial charge is 0.451 e. The van der Waals surface area contributed by atoms with Crippen LogP contribution in [0.4, 0.5) is 19.0 Å². The van der Waals surface area contributed by atoms with Gasteiger partial charge in [-0.15, -0.1) is 0 Å². The lowest BCUT2D eigenvalue weighted by Crippen LogP contribution is -2.55. The van der Waals surface area contributed by atoms with Gasteiger partial charge in [0.25, 0.3) is 0 Å². The quantitative estimate of drug-likeness (QED) is 0.745. The van der Waals surface area contributed by atoms with E-state index in [1.807, 2.05) is 4.90 Å². The zero-order chi connectivity index (χ0) is 15.0. The molecule has 1 atom stereocenters. The molecule has 8 heteroatoms. The van der Waals surface area contributed by atoms with Gasteiger partial charge in [0.2, 0.25) is 5.82 Å². The number of anilines is 1. The fourth-order valence-electron chi connectivity index (χ4n) is 3.06. The average molecular weight is 321 g/mol. The van der Waals surface area contributed by atoms with Gasteiger partial charge in [0.1, 0.15) is 11.0 Å². The van der Waals surface area contributed by atoms with E-state index in [9.17, 15) is 13.2 Å². The van der Waals surface area contributed by atoms with Crippen molar-refractivity contribution in [3.05, 3.63) is 17.0 Å². The average Bonchev–Trinajstić information content (AvgIpc) is 2.45. The van der Waals surface area contributed by atoms with Crippen LogP contribution < -0.4 is 4.90 Å². The Hall–Kier alpha value is -1.08. The summed E-state index contributed by atoms with van der Waals surface area (Å²) in [5.74, 6) is -0.899. The number of fused-ring (bicyclic) bond motifs is 1. The van der Waals surface area contributed by atoms with Crippen LogP contribution in [0.25, 0.3) is 0 Å². The molecule has 0 amide bonds. The summed E-state index contributed by atoms with van der Waals surface area (Å²) in [5, 5.41) is -0.168. The lowest BCUT2D eigenvalue weighted by molar-refractivity contribution is -0.144. The summed E-state index contributed by atoms with van der Waals surface area (Å²) < 4.78 is 38.3. The summed E-state index contributed by atoms with van der Waals surface area (Å²) >= 11 is 5.72. The summed E-state index contributed by atoms with van der Waals surface area (Å²) in [6.07, 6.45) is -1.12. The van der Waals surface area contributed by atoms with Gasteiger partial charge in [0, 0.05) is 31.7 Å². The van der Waals surface area contributed by atoms with Crippen molar-refractivity contribution >= 4 is 17.4 Å². The minimum atomic E-state index is -4.58. The Labute approximate surface area is 125 Å². The lowest BCUT2D eigenvalue weighted by atomic mass is 9.99. The second-order valence-electron chi connectivity index (χ2n) is 5.50. The first kappa shape index (κ1) is 14.8. The molecule has 2 aliphatic heterocycles. The number of alkyl halides is 3. The van der Waals surface area contributed by atoms with E-state index in [0.717, 1.165) is 19.5 Å². The fraction of sp³-hybridized carbons (Fsp3) is 0.692. The van der Waals surface area contributed by atoms with Gasteiger partial charge < -0.3 is 4.90 Å². The van der Waals surface area contributed by atoms with Gasteiger partial charge in [-0.3, -0.25) is 4.90 Å². The van der Waals surface area contributed by atoms with Crippen LogP contribution in [0.1, 0.15) is 25.1 Å². The molecule has 0 saturated carbocycles. The van der Waals surface area contributed by atoms with E-state index in [2.05, 4.69) is 14.9 Å². The third kappa shape index (κ3) is 3.23. The summed E-state index contributed by atoms with van der Waals surface area (Å²) in [7, 11) is 0. The number of nitrogens with zero attached hydrogens (tertiary/aromatic N) is 4. The van der Waals surface area contributed by atoms with E-state index in [-0.39, 0.29) is 11.0 Å². The monoisotopic (exact) mass is 320 g/mol. The molecule has 2 fully saturated rings. The van der Waals surface area contributed by atoms with Crippen LogP contribution in [0, 0.1) is 0 Å². The minimum absolute atomic E-state index is 0.168. The summed E-state index contributed by atoms with van der Waals surface area (Å²) in [5.41, 5.74) is 0. The molecular formula is C13H16ClF3N4. The maximum absolute atomic E-state index is 12.8. The molecule has 0 spiro atoms. The number of halogens is 4. The number of hydrogen-bond donors (Lipinski definition) is 0. The van der Waals surface area contributed by atoms with Gasteiger partial charge in [-0.05, 0) is 19.4 Å². The Kier molecular flexibility index (Phi) is 3.96. The Morgan fingerprint density at radius 3 is 2.71 bits per heavy atom. The molecule has 2 aliphatic rings. The van der Waals surface area contributed by atoms with Crippen LogP contribution >= 0.6 is 11.6 Å². The summed E-state index contributed by atoms with van der Waals surface area (Å²) in [4.78, 5) is 11.2. The first-order valence-corrected chi connectivity index (χ1v) is 7.42. The molecule has 0 aromatic carbocycles. The maximum atomic E-state index is 12.8. The van der Waals surface area contributed by atoms with Crippen molar-refractivity contribution in [1.29, 1.82) is 0 Å². The molecule has 3 heterocycles. The molecule has 0 bridgehead atoms. The maximum Gasteiger partial charge on any atom is 0.451 e. The van der Waals surface area contributed by atoms with E-state index in [1.54, 1.807) is 0 Å². The van der Waals surface area contributed by atoms with Crippen LogP contribution in [-0.2, 0) is 6.18 Å². The van der Waals surface area contributed by atoms with E-state index < -0.39 is 12.0 Å². The molecule has 2 saturated heterocycles. The smallest absolute Gasteiger partial charge is 0.354 e. The third-order valence-electron chi connectivity index (χ3n) is 4.10. The molecular weight excluding hydrogens is 305 g/mol. The van der Waals surface area contributed by atoms with Crippen molar-refractivity contribution in [2.45, 2.75) is 31.5 Å². The zero-order valence-corrected chi connectivity index (χ0v) is 12.2. The van der Waals surface area contributed by atoms with Gasteiger partial charge in [-0.2, -0.15) is 13.2 Å². The number of piperazine rings is 1. The molecule has 116 valence electrons. The van der Waals surface area contributed by atoms with Crippen molar-refractivity contribution < 1.29 is 13.2 Å². The second kappa shape index (κ2) is 5.61. The fourth-order valence-corrected chi connectivity index (χ4v) is 3.24. The highest BCUT2D eigenvalue weighted by atomic mass is 35.5. The lowest BCUT2D eigenvalue weighted by Gasteiger charge is -2.44. The van der Waals surface area contributed by atoms with Gasteiger partial charge in [-0.1, -0.05) is 18.0 Å². The standard InChI is InChI=1S/C13H16ClF3N4/c14-10-7-11(19-12(18-10)13(15,16)17)21-6-5-20-4-2-1-3-9(20)8-21/h7,9H,1-6,8H2. The molecule has 0 N–H and O–H groups in total. The van der Waals surface area contributed by atoms with Crippen LogP contribution in [0.15, 0.2) is 6.07 Å². The van der Waals surface area contributed by atoms with E-state index in [0.29, 0.717) is 19.1 Å². The van der Waals surface area contributed by atoms with Crippen molar-refractivity contribution in [1.82, 2.24) is 14.9 Å². The highest BCUT2D eigenvalue weighted by molar-refractivity contribution is 6.29. The highest BCUT2D eigenvalue weighted by Crippen LogP contribution is 2.30. The van der Waals surface area contributed by atoms with Gasteiger partial charge in [-0.25, -0.2) is 9.97 Å². The molecule has 1 aromatic heterocycles. The first-order valence-electron chi connectivity index (χ1n) is 7.04. The minimum Gasteiger partial charge on any atom is -0.354 e. The van der Waals surface area contributed by atoms with E-state index in [4.69, 9.17) is 11.6 Å². The molecule has 1 aromatic rings. The van der Waals surface area contributed by atoms with Gasteiger partial charge >= 0.3 is 6.18 Å². The third-order valence-corrected chi connectivity index (χ3v) is 4.29. The van der Waals surface area contributed by atoms with Crippen molar-refractivity contribution in [3.63, 3.8) is 0 Å². The van der Waals surface area contributed by atoms with Crippen molar-refractivity contribution in [2.75, 3.05) is 31.1 Å². The summed E-state index contributed by atoms with van der Waals surface area (Å²) in [6.45, 7) is 3.30. The molecule has 1 unspecified atom stereocenters. The predicted octanol–water partition coefficient (Wildman–Crippen LogP) is 2.82. The number of aromatic nitrogens is 2. The normalized spacial score (nSPS) is 24.0. The zero-order valence-electron chi connectivity index (χ0n) is 11.4. The predicted molar refractivity (Wildman–Crippen MR) is 73.5 cm³/mol. The Morgan fingerprint density at radius 2 is 1.95 bits per heavy atom. The van der Waals surface area contributed by atoms with Crippen molar-refractivity contribution in [2.24, 2.45) is 0 Å². The Bertz CT molecular complexity index is 523. The number of rotatable bonds is 1. The Balaban J connectivity index is 1.82. The van der Waals surface area contributed by atoms with Gasteiger partial charge in [0.05, 0.1) is 0 Å². The van der Waals surface area contributed by atoms with Crippen LogP contribution in [0.3, 0.4) is 0 Å². The van der Waals surface area contributed by atoms with Crippen molar-refractivity contribution in [3.8, 4) is 0 Å².